The van der Waals surface area contributed by atoms with Gasteiger partial charge in [-0.15, -0.1) is 0 Å². The molecule has 0 bridgehead atoms. The molecule has 2 N–H and O–H groups in total. The molecule has 4 rings (SSSR count). The van der Waals surface area contributed by atoms with Gasteiger partial charge in [-0.25, -0.2) is 4.98 Å². The molecule has 0 atom stereocenters. The van der Waals surface area contributed by atoms with Gasteiger partial charge in [0.2, 0.25) is 5.82 Å². The van der Waals surface area contributed by atoms with Gasteiger partial charge in [0, 0.05) is 16.5 Å². The number of hydrogen-bond acceptors (Lipinski definition) is 6. The summed E-state index contributed by atoms with van der Waals surface area (Å²) in [5.74, 6) is 1.21. The largest absolute Gasteiger partial charge is 0.452 e. The van der Waals surface area contributed by atoms with Crippen molar-refractivity contribution in [3.63, 3.8) is 0 Å². The summed E-state index contributed by atoms with van der Waals surface area (Å²) in [6, 6.07) is 11.5. The number of aliphatic hydroxyl groups is 2. The smallest absolute Gasteiger partial charge is 0.209 e. The third-order valence-electron chi connectivity index (χ3n) is 4.54. The van der Waals surface area contributed by atoms with Crippen molar-refractivity contribution >= 4 is 22.5 Å². The molecule has 0 aliphatic rings. The number of rotatable bonds is 3. The molecule has 2 aromatic carbocycles. The Morgan fingerprint density at radius 1 is 0.962 bits per heavy atom. The van der Waals surface area contributed by atoms with E-state index in [0.717, 1.165) is 38.2 Å². The van der Waals surface area contributed by atoms with Crippen molar-refractivity contribution in [2.24, 2.45) is 0 Å². The van der Waals surface area contributed by atoms with E-state index in [1.54, 1.807) is 6.07 Å². The van der Waals surface area contributed by atoms with E-state index >= 15 is 0 Å². The molecule has 5 nitrogen and oxygen atoms in total. The van der Waals surface area contributed by atoms with E-state index in [1.165, 1.54) is 11.5 Å². The lowest BCUT2D eigenvalue weighted by molar-refractivity contribution is -0.0429. The maximum atomic E-state index is 9.35. The van der Waals surface area contributed by atoms with Crippen LogP contribution in [-0.4, -0.2) is 19.6 Å². The zero-order valence-corrected chi connectivity index (χ0v) is 15.5. The Labute approximate surface area is 154 Å². The van der Waals surface area contributed by atoms with Crippen molar-refractivity contribution in [1.82, 2.24) is 9.36 Å². The number of nitrogens with zero attached hydrogens (tertiary/aromatic N) is 2. The summed E-state index contributed by atoms with van der Waals surface area (Å²) >= 11 is 1.29. The molecule has 2 heterocycles. The van der Waals surface area contributed by atoms with Crippen LogP contribution in [0.2, 0.25) is 0 Å². The molecule has 0 amide bonds. The summed E-state index contributed by atoms with van der Waals surface area (Å²) in [5, 5.41) is 20.5. The first-order valence-corrected chi connectivity index (χ1v) is 9.02. The van der Waals surface area contributed by atoms with Crippen LogP contribution in [0.1, 0.15) is 28.5 Å². The van der Waals surface area contributed by atoms with Gasteiger partial charge >= 0.3 is 0 Å². The predicted octanol–water partition coefficient (Wildman–Crippen LogP) is 4.53. The lowest BCUT2D eigenvalue weighted by atomic mass is 10.1. The first-order chi connectivity index (χ1) is 12.4. The minimum Gasteiger partial charge on any atom is -0.452 e. The maximum absolute atomic E-state index is 9.35. The van der Waals surface area contributed by atoms with E-state index in [0.29, 0.717) is 17.1 Å². The third-order valence-corrected chi connectivity index (χ3v) is 5.30. The molecule has 0 unspecified atom stereocenters. The minimum absolute atomic E-state index is 0.488. The fraction of sp³-hybridized carbons (Fsp3) is 0.200. The van der Waals surface area contributed by atoms with Gasteiger partial charge in [-0.3, -0.25) is 0 Å². The van der Waals surface area contributed by atoms with E-state index < -0.39 is 6.29 Å². The Morgan fingerprint density at radius 2 is 1.73 bits per heavy atom. The van der Waals surface area contributed by atoms with Gasteiger partial charge in [0.25, 0.3) is 0 Å². The number of hydrogen-bond donors (Lipinski definition) is 2. The van der Waals surface area contributed by atoms with Gasteiger partial charge in [-0.05, 0) is 61.1 Å². The van der Waals surface area contributed by atoms with Gasteiger partial charge in [0.05, 0.1) is 0 Å². The van der Waals surface area contributed by atoms with Crippen molar-refractivity contribution < 1.29 is 14.6 Å². The van der Waals surface area contributed by atoms with Crippen molar-refractivity contribution in [2.45, 2.75) is 27.1 Å². The van der Waals surface area contributed by atoms with Crippen LogP contribution in [0.15, 0.2) is 40.8 Å². The molecule has 0 saturated heterocycles. The monoisotopic (exact) mass is 366 g/mol. The number of furan rings is 1. The van der Waals surface area contributed by atoms with Gasteiger partial charge in [0.1, 0.15) is 10.6 Å². The Hall–Kier alpha value is -2.54. The van der Waals surface area contributed by atoms with Crippen molar-refractivity contribution in [3.05, 3.63) is 58.7 Å². The summed E-state index contributed by atoms with van der Waals surface area (Å²) in [5.41, 5.74) is 5.28. The van der Waals surface area contributed by atoms with Gasteiger partial charge in [-0.1, -0.05) is 24.3 Å². The molecule has 132 valence electrons. The standard InChI is InChI=1S/C20H18N2O3S/c1-10-4-5-11(2)17-15(10)9-16(25-17)18-21-19(26-22-18)13-6-7-14(20(23)24)12(3)8-13/h4-9,20,23-24H,1-3H3. The predicted molar refractivity (Wildman–Crippen MR) is 102 cm³/mol. The average Bonchev–Trinajstić information content (AvgIpc) is 3.25. The highest BCUT2D eigenvalue weighted by molar-refractivity contribution is 7.09. The quantitative estimate of drug-likeness (QED) is 0.521. The first-order valence-electron chi connectivity index (χ1n) is 8.25. The lowest BCUT2D eigenvalue weighted by Crippen LogP contribution is -1.97. The van der Waals surface area contributed by atoms with Crippen LogP contribution < -0.4 is 0 Å². The fourth-order valence-corrected chi connectivity index (χ4v) is 3.71. The van der Waals surface area contributed by atoms with Crippen molar-refractivity contribution in [3.8, 4) is 22.2 Å². The van der Waals surface area contributed by atoms with Crippen LogP contribution in [0.25, 0.3) is 33.1 Å². The summed E-state index contributed by atoms with van der Waals surface area (Å²) in [6.45, 7) is 5.92. The lowest BCUT2D eigenvalue weighted by Gasteiger charge is -2.08. The molecule has 0 aliphatic heterocycles. The molecule has 0 spiro atoms. The Kier molecular flexibility index (Phi) is 4.11. The number of benzene rings is 2. The summed E-state index contributed by atoms with van der Waals surface area (Å²) < 4.78 is 10.4. The first kappa shape index (κ1) is 16.9. The van der Waals surface area contributed by atoms with Crippen molar-refractivity contribution in [2.75, 3.05) is 0 Å². The molecular formula is C20H18N2O3S. The van der Waals surface area contributed by atoms with Gasteiger partial charge in [-0.2, -0.15) is 4.37 Å². The van der Waals surface area contributed by atoms with Crippen LogP contribution in [0.3, 0.4) is 0 Å². The highest BCUT2D eigenvalue weighted by Crippen LogP contribution is 2.33. The third kappa shape index (κ3) is 2.82. The summed E-state index contributed by atoms with van der Waals surface area (Å²) in [6.07, 6.45) is -1.48. The molecule has 2 aromatic heterocycles. The average molecular weight is 366 g/mol. The number of fused-ring (bicyclic) bond motifs is 1. The zero-order valence-electron chi connectivity index (χ0n) is 14.6. The highest BCUT2D eigenvalue weighted by Gasteiger charge is 2.16. The molecule has 0 saturated carbocycles. The zero-order chi connectivity index (χ0) is 18.4. The Balaban J connectivity index is 1.74. The second-order valence-electron chi connectivity index (χ2n) is 6.42. The molecular weight excluding hydrogens is 348 g/mol. The van der Waals surface area contributed by atoms with E-state index in [4.69, 9.17) is 4.42 Å². The molecule has 6 heteroatoms. The van der Waals surface area contributed by atoms with E-state index in [1.807, 2.05) is 38.1 Å². The molecule has 4 aromatic rings. The topological polar surface area (TPSA) is 79.4 Å². The molecule has 0 radical (unpaired) electrons. The summed E-state index contributed by atoms with van der Waals surface area (Å²) in [7, 11) is 0. The Bertz CT molecular complexity index is 1070. The minimum atomic E-state index is -1.48. The maximum Gasteiger partial charge on any atom is 0.209 e. The van der Waals surface area contributed by atoms with Crippen LogP contribution in [-0.2, 0) is 0 Å². The van der Waals surface area contributed by atoms with Crippen LogP contribution >= 0.6 is 11.5 Å². The normalized spacial score (nSPS) is 11.6. The van der Waals surface area contributed by atoms with Crippen molar-refractivity contribution in [1.29, 1.82) is 0 Å². The highest BCUT2D eigenvalue weighted by atomic mass is 32.1. The molecule has 0 fully saturated rings. The second kappa shape index (κ2) is 6.32. The number of aryl methyl sites for hydroxylation is 3. The number of aromatic nitrogens is 2. The van der Waals surface area contributed by atoms with Gasteiger partial charge in [0.15, 0.2) is 12.1 Å². The van der Waals surface area contributed by atoms with Crippen LogP contribution in [0, 0.1) is 20.8 Å². The summed E-state index contributed by atoms with van der Waals surface area (Å²) in [4.78, 5) is 4.61. The van der Waals surface area contributed by atoms with E-state index in [9.17, 15) is 10.2 Å². The van der Waals surface area contributed by atoms with E-state index in [-0.39, 0.29) is 0 Å². The second-order valence-corrected chi connectivity index (χ2v) is 7.17. The molecule has 26 heavy (non-hydrogen) atoms. The van der Waals surface area contributed by atoms with Crippen LogP contribution in [0.4, 0.5) is 0 Å². The SMILES string of the molecule is Cc1cc(-c2nc(-c3cc4c(C)ccc(C)c4o3)ns2)ccc1C(O)O. The molecule has 0 aliphatic carbocycles. The number of aliphatic hydroxyl groups excluding tert-OH is 1. The van der Waals surface area contributed by atoms with E-state index in [2.05, 4.69) is 22.3 Å². The van der Waals surface area contributed by atoms with Crippen LogP contribution in [0.5, 0.6) is 0 Å². The van der Waals surface area contributed by atoms with Gasteiger partial charge < -0.3 is 14.6 Å². The fourth-order valence-electron chi connectivity index (χ4n) is 3.04. The Morgan fingerprint density at radius 3 is 2.42 bits per heavy atom.